The van der Waals surface area contributed by atoms with Crippen LogP contribution in [0.15, 0.2) is 60.8 Å². The third-order valence-corrected chi connectivity index (χ3v) is 14.7. The predicted molar refractivity (Wildman–Crippen MR) is 304 cm³/mol. The normalized spacial score (nSPS) is 25.3. The van der Waals surface area contributed by atoms with Crippen LogP contribution in [-0.2, 0) is 23.7 Å². The van der Waals surface area contributed by atoms with Gasteiger partial charge >= 0.3 is 0 Å². The minimum Gasteiger partial charge on any atom is -0.394 e. The molecule has 1 amide bonds. The molecule has 12 atom stereocenters. The fourth-order valence-corrected chi connectivity index (χ4v) is 9.81. The number of rotatable bonds is 48. The van der Waals surface area contributed by atoms with Gasteiger partial charge in [-0.1, -0.05) is 229 Å². The molecule has 0 aliphatic carbocycles. The quantitative estimate of drug-likeness (QED) is 0.0204. The van der Waals surface area contributed by atoms with Crippen molar-refractivity contribution in [2.24, 2.45) is 0 Å². The molecule has 442 valence electrons. The van der Waals surface area contributed by atoms with Gasteiger partial charge in [0, 0.05) is 6.42 Å². The minimum absolute atomic E-state index is 0.241. The highest BCUT2D eigenvalue weighted by molar-refractivity contribution is 5.76. The number of amides is 1. The number of aliphatic hydroxyl groups is 8. The average Bonchev–Trinajstić information content (AvgIpc) is 3.42. The molecule has 2 saturated heterocycles. The Labute approximate surface area is 460 Å². The van der Waals surface area contributed by atoms with Crippen molar-refractivity contribution in [3.8, 4) is 0 Å². The van der Waals surface area contributed by atoms with Crippen LogP contribution in [0.25, 0.3) is 0 Å². The topological polar surface area (TPSA) is 228 Å². The Kier molecular flexibility index (Phi) is 43.6. The van der Waals surface area contributed by atoms with Crippen molar-refractivity contribution >= 4 is 5.91 Å². The van der Waals surface area contributed by atoms with Crippen LogP contribution in [0.5, 0.6) is 0 Å². The lowest BCUT2D eigenvalue weighted by Crippen LogP contribution is -2.65. The number of carbonyl (C=O) groups is 1. The summed E-state index contributed by atoms with van der Waals surface area (Å²) in [6, 6.07) is -0.916. The van der Waals surface area contributed by atoms with E-state index < -0.39 is 86.8 Å². The molecular weight excluding hydrogens is 967 g/mol. The second-order valence-corrected chi connectivity index (χ2v) is 21.5. The predicted octanol–water partition coefficient (Wildman–Crippen LogP) is 10.6. The molecule has 12 unspecified atom stereocenters. The monoisotopic (exact) mass is 1080 g/mol. The summed E-state index contributed by atoms with van der Waals surface area (Å²) in [4.78, 5) is 13.3. The zero-order valence-electron chi connectivity index (χ0n) is 47.5. The van der Waals surface area contributed by atoms with E-state index in [1.54, 1.807) is 6.08 Å². The third-order valence-electron chi connectivity index (χ3n) is 14.7. The molecule has 0 aromatic heterocycles. The fraction of sp³-hybridized carbons (Fsp3) is 0.823. The average molecular weight is 1080 g/mol. The molecule has 76 heavy (non-hydrogen) atoms. The Hall–Kier alpha value is -2.31. The van der Waals surface area contributed by atoms with Gasteiger partial charge in [0.1, 0.15) is 48.8 Å². The van der Waals surface area contributed by atoms with Crippen molar-refractivity contribution < 1.29 is 64.6 Å². The van der Waals surface area contributed by atoms with Gasteiger partial charge in [0.15, 0.2) is 12.6 Å². The lowest BCUT2D eigenvalue weighted by Gasteiger charge is -2.46. The van der Waals surface area contributed by atoms with Crippen LogP contribution in [0.1, 0.15) is 232 Å². The molecule has 0 spiro atoms. The molecule has 14 heteroatoms. The number of nitrogens with one attached hydrogen (secondary N) is 1. The number of hydrogen-bond donors (Lipinski definition) is 9. The summed E-state index contributed by atoms with van der Waals surface area (Å²) in [5, 5.41) is 87.1. The van der Waals surface area contributed by atoms with E-state index in [-0.39, 0.29) is 18.9 Å². The summed E-state index contributed by atoms with van der Waals surface area (Å²) in [5.41, 5.74) is 0. The van der Waals surface area contributed by atoms with Gasteiger partial charge in [-0.15, -0.1) is 0 Å². The molecule has 2 aliphatic heterocycles. The Morgan fingerprint density at radius 1 is 0.487 bits per heavy atom. The van der Waals surface area contributed by atoms with Gasteiger partial charge < -0.3 is 65.1 Å². The molecule has 2 rings (SSSR count). The van der Waals surface area contributed by atoms with Crippen LogP contribution in [0.2, 0.25) is 0 Å². The van der Waals surface area contributed by atoms with E-state index in [9.17, 15) is 45.6 Å². The molecule has 0 aromatic rings. The maximum absolute atomic E-state index is 13.3. The van der Waals surface area contributed by atoms with E-state index in [0.29, 0.717) is 6.42 Å². The minimum atomic E-state index is -1.79. The second kappa shape index (κ2) is 47.5. The zero-order chi connectivity index (χ0) is 55.3. The molecule has 0 radical (unpaired) electrons. The number of aliphatic hydroxyl groups excluding tert-OH is 8. The van der Waals surface area contributed by atoms with Crippen molar-refractivity contribution in [2.45, 2.75) is 306 Å². The second-order valence-electron chi connectivity index (χ2n) is 21.5. The van der Waals surface area contributed by atoms with Crippen LogP contribution in [0, 0.1) is 0 Å². The molecular formula is C62H111NO13. The van der Waals surface area contributed by atoms with Gasteiger partial charge in [-0.25, -0.2) is 0 Å². The van der Waals surface area contributed by atoms with Crippen molar-refractivity contribution in [3.05, 3.63) is 60.8 Å². The van der Waals surface area contributed by atoms with Crippen LogP contribution >= 0.6 is 0 Å². The first-order chi connectivity index (χ1) is 37.1. The smallest absolute Gasteiger partial charge is 0.220 e. The van der Waals surface area contributed by atoms with Crippen molar-refractivity contribution in [1.29, 1.82) is 0 Å². The first kappa shape index (κ1) is 69.8. The summed E-state index contributed by atoms with van der Waals surface area (Å²) in [7, 11) is 0. The van der Waals surface area contributed by atoms with E-state index >= 15 is 0 Å². The maximum atomic E-state index is 13.3. The van der Waals surface area contributed by atoms with Gasteiger partial charge in [-0.2, -0.15) is 0 Å². The Morgan fingerprint density at radius 2 is 0.908 bits per heavy atom. The Balaban J connectivity index is 1.71. The molecule has 2 fully saturated rings. The Morgan fingerprint density at radius 3 is 1.39 bits per heavy atom. The number of unbranched alkanes of at least 4 members (excludes halogenated alkanes) is 27. The highest BCUT2D eigenvalue weighted by Crippen LogP contribution is 2.30. The van der Waals surface area contributed by atoms with E-state index in [1.807, 2.05) is 6.08 Å². The third kappa shape index (κ3) is 32.7. The first-order valence-electron chi connectivity index (χ1n) is 30.5. The Bertz CT molecular complexity index is 1510. The summed E-state index contributed by atoms with van der Waals surface area (Å²) < 4.78 is 22.8. The molecule has 9 N–H and O–H groups in total. The summed E-state index contributed by atoms with van der Waals surface area (Å²) in [5.74, 6) is -0.241. The van der Waals surface area contributed by atoms with Crippen molar-refractivity contribution in [2.75, 3.05) is 19.8 Å². The van der Waals surface area contributed by atoms with E-state index in [2.05, 4.69) is 67.8 Å². The van der Waals surface area contributed by atoms with Gasteiger partial charge in [0.25, 0.3) is 0 Å². The van der Waals surface area contributed by atoms with Crippen molar-refractivity contribution in [1.82, 2.24) is 5.32 Å². The molecule has 0 bridgehead atoms. The van der Waals surface area contributed by atoms with Gasteiger partial charge in [-0.05, 0) is 57.8 Å². The lowest BCUT2D eigenvalue weighted by molar-refractivity contribution is -0.359. The van der Waals surface area contributed by atoms with E-state index in [1.165, 1.54) is 141 Å². The largest absolute Gasteiger partial charge is 0.394 e. The summed E-state index contributed by atoms with van der Waals surface area (Å²) in [6.45, 7) is 2.69. The van der Waals surface area contributed by atoms with Gasteiger partial charge in [-0.3, -0.25) is 4.79 Å². The van der Waals surface area contributed by atoms with E-state index in [0.717, 1.165) is 64.2 Å². The highest BCUT2D eigenvalue weighted by atomic mass is 16.7. The zero-order valence-corrected chi connectivity index (χ0v) is 47.5. The molecule has 0 saturated carbocycles. The van der Waals surface area contributed by atoms with Gasteiger partial charge in [0.2, 0.25) is 5.91 Å². The summed E-state index contributed by atoms with van der Waals surface area (Å²) in [6.07, 6.45) is 44.0. The number of hydrogen-bond acceptors (Lipinski definition) is 13. The van der Waals surface area contributed by atoms with Crippen LogP contribution in [0.3, 0.4) is 0 Å². The van der Waals surface area contributed by atoms with Crippen LogP contribution < -0.4 is 5.32 Å². The number of carbonyl (C=O) groups excluding carboxylic acids is 1. The molecule has 2 aliphatic rings. The van der Waals surface area contributed by atoms with Gasteiger partial charge in [0.05, 0.1) is 32.0 Å². The van der Waals surface area contributed by atoms with E-state index in [4.69, 9.17) is 18.9 Å². The number of ether oxygens (including phenoxy) is 4. The highest BCUT2D eigenvalue weighted by Gasteiger charge is 2.51. The molecule has 0 aromatic carbocycles. The molecule has 2 heterocycles. The lowest BCUT2D eigenvalue weighted by atomic mass is 9.97. The molecule has 14 nitrogen and oxygen atoms in total. The van der Waals surface area contributed by atoms with Crippen LogP contribution in [-0.4, -0.2) is 140 Å². The SMILES string of the molecule is CC/C=C\C/C=C\C/C=C\C/C=C\CCCCCCCCCCCCCCCCC(=O)NC(COC1OC(CO)C(OC2OC(CO)C(O)C(O)C2O)C(O)C1O)C(O)/C=C/CCCCCCCCCCCCCCC. The van der Waals surface area contributed by atoms with Crippen LogP contribution in [0.4, 0.5) is 0 Å². The van der Waals surface area contributed by atoms with Crippen molar-refractivity contribution in [3.63, 3.8) is 0 Å². The number of allylic oxidation sites excluding steroid dienone is 9. The standard InChI is InChI=1S/C62H111NO13/c1-3-5-7-9-11-13-15-17-19-20-21-22-23-24-25-26-27-28-29-30-32-34-36-38-40-42-44-46-54(67)63-50(51(66)45-43-41-39-37-35-33-31-18-16-14-12-10-8-6-4-2)49-73-61-59(72)57(70)60(53(48-65)75-61)76-62-58(71)56(69)55(68)52(47-64)74-62/h5,7,11,13,17,19,21-22,43,45,50-53,55-62,64-66,68-72H,3-4,6,8-10,12,14-16,18,20,23-42,44,46-49H2,1-2H3,(H,63,67)/b7-5-,13-11-,19-17-,22-21-,45-43+. The maximum Gasteiger partial charge on any atom is 0.220 e. The first-order valence-corrected chi connectivity index (χ1v) is 30.5. The summed E-state index contributed by atoms with van der Waals surface area (Å²) >= 11 is 0. The fourth-order valence-electron chi connectivity index (χ4n) is 9.81.